The van der Waals surface area contributed by atoms with Crippen LogP contribution in [-0.4, -0.2) is 37.2 Å². The lowest BCUT2D eigenvalue weighted by Crippen LogP contribution is -2.30. The molecule has 446 valence electrons. The third-order valence-electron chi connectivity index (χ3n) is 13.3. The average Bonchev–Trinajstić information content (AvgIpc) is 3.45. The van der Waals surface area contributed by atoms with Crippen LogP contribution in [0.15, 0.2) is 146 Å². The number of rotatable bonds is 57. The highest BCUT2D eigenvalue weighted by Gasteiger charge is 2.19. The number of carbonyl (C=O) groups excluding carboxylic acids is 3. The van der Waals surface area contributed by atoms with Gasteiger partial charge in [0.15, 0.2) is 6.10 Å². The molecule has 0 heterocycles. The molecular formula is C73H118O6. The number of hydrogen-bond donors (Lipinski definition) is 0. The van der Waals surface area contributed by atoms with Crippen LogP contribution < -0.4 is 0 Å². The minimum Gasteiger partial charge on any atom is -0.462 e. The van der Waals surface area contributed by atoms with Crippen LogP contribution in [0, 0.1) is 0 Å². The van der Waals surface area contributed by atoms with Gasteiger partial charge in [-0.1, -0.05) is 256 Å². The summed E-state index contributed by atoms with van der Waals surface area (Å²) in [5.74, 6) is -0.973. The minimum atomic E-state index is -0.814. The first-order chi connectivity index (χ1) is 39.0. The Bertz CT molecular complexity index is 1730. The molecule has 0 radical (unpaired) electrons. The van der Waals surface area contributed by atoms with Gasteiger partial charge in [-0.25, -0.2) is 0 Å². The second kappa shape index (κ2) is 65.8. The molecule has 0 aromatic rings. The third-order valence-corrected chi connectivity index (χ3v) is 13.3. The quantitative estimate of drug-likeness (QED) is 0.0261. The maximum Gasteiger partial charge on any atom is 0.306 e. The minimum absolute atomic E-state index is 0.107. The summed E-state index contributed by atoms with van der Waals surface area (Å²) in [6, 6.07) is 0. The molecule has 0 aliphatic heterocycles. The molecule has 0 amide bonds. The molecule has 0 saturated carbocycles. The average molecular weight is 1090 g/mol. The largest absolute Gasteiger partial charge is 0.462 e. The first-order valence-corrected chi connectivity index (χ1v) is 32.3. The Morgan fingerprint density at radius 1 is 0.266 bits per heavy atom. The van der Waals surface area contributed by atoms with Crippen LogP contribution in [0.3, 0.4) is 0 Å². The van der Waals surface area contributed by atoms with E-state index in [1.54, 1.807) is 0 Å². The van der Waals surface area contributed by atoms with Crippen molar-refractivity contribution < 1.29 is 28.6 Å². The van der Waals surface area contributed by atoms with E-state index in [0.29, 0.717) is 25.7 Å². The summed E-state index contributed by atoms with van der Waals surface area (Å²) in [5.41, 5.74) is 0. The monoisotopic (exact) mass is 1090 g/mol. The molecule has 1 unspecified atom stereocenters. The highest BCUT2D eigenvalue weighted by Crippen LogP contribution is 2.14. The van der Waals surface area contributed by atoms with E-state index >= 15 is 0 Å². The van der Waals surface area contributed by atoms with Crippen LogP contribution in [0.5, 0.6) is 0 Å². The Hall–Kier alpha value is -4.71. The summed E-state index contributed by atoms with van der Waals surface area (Å²) in [6.07, 6.45) is 94.2. The normalized spacial score (nSPS) is 13.1. The lowest BCUT2D eigenvalue weighted by molar-refractivity contribution is -0.167. The molecule has 0 fully saturated rings. The molecule has 79 heavy (non-hydrogen) atoms. The first-order valence-electron chi connectivity index (χ1n) is 32.3. The molecule has 6 heteroatoms. The van der Waals surface area contributed by atoms with Crippen LogP contribution in [0.1, 0.15) is 278 Å². The fourth-order valence-corrected chi connectivity index (χ4v) is 8.46. The number of hydrogen-bond acceptors (Lipinski definition) is 6. The van der Waals surface area contributed by atoms with E-state index in [1.165, 1.54) is 89.9 Å². The molecule has 0 aliphatic rings. The number of ether oxygens (including phenoxy) is 3. The Morgan fingerprint density at radius 2 is 0.494 bits per heavy atom. The number of allylic oxidation sites excluding steroid dienone is 24. The van der Waals surface area contributed by atoms with Gasteiger partial charge in [-0.3, -0.25) is 14.4 Å². The SMILES string of the molecule is CC/C=C\C/C=C\C/C=C\C/C=C\C/C=C\C/C=C\C/C=C\C/C=C\CCCCC(=O)OCC(COC(=O)CCCCCCC/C=C\C/C=C\CCCCCC)OC(=O)CCCCCCCCC/C=C\C/C=C\CCCCCC. The van der Waals surface area contributed by atoms with Gasteiger partial charge in [0.25, 0.3) is 0 Å². The van der Waals surface area contributed by atoms with Crippen molar-refractivity contribution in [2.75, 3.05) is 13.2 Å². The van der Waals surface area contributed by atoms with E-state index in [-0.39, 0.29) is 31.1 Å². The van der Waals surface area contributed by atoms with Crippen LogP contribution in [0.25, 0.3) is 0 Å². The molecule has 1 atom stereocenters. The van der Waals surface area contributed by atoms with Crippen molar-refractivity contribution in [2.24, 2.45) is 0 Å². The van der Waals surface area contributed by atoms with E-state index in [9.17, 15) is 14.4 Å². The van der Waals surface area contributed by atoms with Gasteiger partial charge in [-0.05, 0) is 148 Å². The second-order valence-corrected chi connectivity index (χ2v) is 20.9. The second-order valence-electron chi connectivity index (χ2n) is 20.9. The van der Waals surface area contributed by atoms with E-state index in [2.05, 4.69) is 167 Å². The predicted molar refractivity (Wildman–Crippen MR) is 343 cm³/mol. The predicted octanol–water partition coefficient (Wildman–Crippen LogP) is 22.3. The van der Waals surface area contributed by atoms with Gasteiger partial charge in [-0.2, -0.15) is 0 Å². The van der Waals surface area contributed by atoms with E-state index in [0.717, 1.165) is 141 Å². The topological polar surface area (TPSA) is 78.9 Å². The summed E-state index contributed by atoms with van der Waals surface area (Å²) >= 11 is 0. The van der Waals surface area contributed by atoms with Gasteiger partial charge in [0.2, 0.25) is 0 Å². The zero-order valence-electron chi connectivity index (χ0n) is 51.1. The van der Waals surface area contributed by atoms with Gasteiger partial charge >= 0.3 is 17.9 Å². The van der Waals surface area contributed by atoms with Crippen molar-refractivity contribution in [3.8, 4) is 0 Å². The molecule has 0 bridgehead atoms. The van der Waals surface area contributed by atoms with Crippen LogP contribution in [0.4, 0.5) is 0 Å². The fraction of sp³-hybridized carbons (Fsp3) is 0.630. The van der Waals surface area contributed by atoms with Crippen molar-refractivity contribution in [2.45, 2.75) is 284 Å². The number of carbonyl (C=O) groups is 3. The smallest absolute Gasteiger partial charge is 0.306 e. The van der Waals surface area contributed by atoms with Crippen molar-refractivity contribution in [3.63, 3.8) is 0 Å². The maximum atomic E-state index is 12.9. The molecule has 0 aliphatic carbocycles. The molecule has 6 nitrogen and oxygen atoms in total. The number of esters is 3. The highest BCUT2D eigenvalue weighted by molar-refractivity contribution is 5.71. The molecule has 0 N–H and O–H groups in total. The van der Waals surface area contributed by atoms with E-state index in [1.807, 2.05) is 0 Å². The lowest BCUT2D eigenvalue weighted by Gasteiger charge is -2.18. The standard InChI is InChI=1S/C73H118O6/c1-4-7-10-13-16-19-22-25-28-31-33-34-35-36-37-38-39-40-41-43-45-48-51-54-57-60-63-66-72(75)78-69-70(68-77-71(74)65-62-59-56-53-50-47-44-30-27-24-21-18-15-12-9-6-3)79-73(76)67-64-61-58-55-52-49-46-42-32-29-26-23-20-17-14-11-8-5-2/h7,10,16,19-21,23-25,28-30,32-34,36-37,39-40,43-45,51,54,70H,4-6,8-9,11-15,17-18,22,26-27,31,35,38,41-42,46-50,52-53,55-69H2,1-3H3/b10-7-,19-16-,23-20-,24-21-,28-25-,32-29-,34-33-,37-36-,40-39-,44-30-,45-43-,54-51-. The van der Waals surface area contributed by atoms with E-state index in [4.69, 9.17) is 14.2 Å². The summed E-state index contributed by atoms with van der Waals surface area (Å²) < 4.78 is 16.9. The Labute approximate surface area is 487 Å². The van der Waals surface area contributed by atoms with Crippen LogP contribution in [0.2, 0.25) is 0 Å². The Balaban J connectivity index is 4.50. The maximum absolute atomic E-state index is 12.9. The van der Waals surface area contributed by atoms with Crippen molar-refractivity contribution in [3.05, 3.63) is 146 Å². The van der Waals surface area contributed by atoms with Gasteiger partial charge in [0, 0.05) is 19.3 Å². The van der Waals surface area contributed by atoms with E-state index < -0.39 is 6.10 Å². The Kier molecular flexibility index (Phi) is 61.9. The van der Waals surface area contributed by atoms with Crippen molar-refractivity contribution in [1.82, 2.24) is 0 Å². The molecular weight excluding hydrogens is 973 g/mol. The van der Waals surface area contributed by atoms with Gasteiger partial charge < -0.3 is 14.2 Å². The van der Waals surface area contributed by atoms with Crippen molar-refractivity contribution >= 4 is 17.9 Å². The molecule has 0 rings (SSSR count). The summed E-state index contributed by atoms with van der Waals surface area (Å²) in [4.78, 5) is 38.3. The summed E-state index contributed by atoms with van der Waals surface area (Å²) in [7, 11) is 0. The van der Waals surface area contributed by atoms with Gasteiger partial charge in [0.05, 0.1) is 0 Å². The van der Waals surface area contributed by atoms with Crippen LogP contribution >= 0.6 is 0 Å². The fourth-order valence-electron chi connectivity index (χ4n) is 8.46. The van der Waals surface area contributed by atoms with Gasteiger partial charge in [0.1, 0.15) is 13.2 Å². The van der Waals surface area contributed by atoms with Crippen LogP contribution in [-0.2, 0) is 28.6 Å². The molecule has 0 spiro atoms. The number of unbranched alkanes of at least 4 members (excludes halogenated alkanes) is 22. The summed E-state index contributed by atoms with van der Waals surface area (Å²) in [5, 5.41) is 0. The zero-order chi connectivity index (χ0) is 57.1. The molecule has 0 aromatic heterocycles. The zero-order valence-corrected chi connectivity index (χ0v) is 51.1. The summed E-state index contributed by atoms with van der Waals surface area (Å²) in [6.45, 7) is 6.44. The van der Waals surface area contributed by atoms with Gasteiger partial charge in [-0.15, -0.1) is 0 Å². The third kappa shape index (κ3) is 64.0. The molecule has 0 aromatic carbocycles. The highest BCUT2D eigenvalue weighted by atomic mass is 16.6. The van der Waals surface area contributed by atoms with Crippen molar-refractivity contribution in [1.29, 1.82) is 0 Å². The Morgan fingerprint density at radius 3 is 0.797 bits per heavy atom. The lowest BCUT2D eigenvalue weighted by atomic mass is 10.1. The molecule has 0 saturated heterocycles. The first kappa shape index (κ1) is 74.3.